The van der Waals surface area contributed by atoms with Crippen molar-refractivity contribution in [3.8, 4) is 28.5 Å². The van der Waals surface area contributed by atoms with Crippen LogP contribution in [0.15, 0.2) is 121 Å². The first-order valence-electron chi connectivity index (χ1n) is 23.8. The molecule has 2 amide bonds. The van der Waals surface area contributed by atoms with Gasteiger partial charge in [0, 0.05) is 61.4 Å². The summed E-state index contributed by atoms with van der Waals surface area (Å²) in [4.78, 5) is 50.4. The van der Waals surface area contributed by atoms with Crippen LogP contribution in [-0.2, 0) is 48.6 Å². The van der Waals surface area contributed by atoms with Crippen molar-refractivity contribution in [1.29, 1.82) is 0 Å². The largest absolute Gasteiger partial charge is 0.489 e. The van der Waals surface area contributed by atoms with Gasteiger partial charge in [-0.3, -0.25) is 14.5 Å². The van der Waals surface area contributed by atoms with Gasteiger partial charge >= 0.3 is 5.97 Å². The number of hydrogen-bond acceptors (Lipinski definition) is 9. The number of anilines is 1. The zero-order valence-electron chi connectivity index (χ0n) is 39.1. The number of benzene rings is 5. The van der Waals surface area contributed by atoms with Crippen LogP contribution in [0, 0.1) is 0 Å². The average molecular weight is 915 g/mol. The van der Waals surface area contributed by atoms with Gasteiger partial charge in [0.2, 0.25) is 6.79 Å². The van der Waals surface area contributed by atoms with Crippen molar-refractivity contribution in [2.75, 3.05) is 44.5 Å². The molecule has 0 N–H and O–H groups in total. The molecule has 12 heteroatoms. The van der Waals surface area contributed by atoms with Gasteiger partial charge in [-0.1, -0.05) is 66.7 Å². The normalized spacial score (nSPS) is 16.7. The van der Waals surface area contributed by atoms with E-state index in [-0.39, 0.29) is 31.2 Å². The fourth-order valence-electron chi connectivity index (χ4n) is 9.85. The van der Waals surface area contributed by atoms with E-state index in [0.29, 0.717) is 84.5 Å². The summed E-state index contributed by atoms with van der Waals surface area (Å²) in [6.07, 6.45) is 3.27. The van der Waals surface area contributed by atoms with Crippen molar-refractivity contribution in [1.82, 2.24) is 14.4 Å². The van der Waals surface area contributed by atoms with Gasteiger partial charge in [0.15, 0.2) is 11.5 Å². The molecule has 10 rings (SSSR count). The minimum Gasteiger partial charge on any atom is -0.489 e. The third-order valence-electron chi connectivity index (χ3n) is 13.2. The van der Waals surface area contributed by atoms with E-state index in [0.717, 1.165) is 67.0 Å². The van der Waals surface area contributed by atoms with E-state index in [1.807, 2.05) is 117 Å². The summed E-state index contributed by atoms with van der Waals surface area (Å²) >= 11 is 0. The van der Waals surface area contributed by atoms with Crippen LogP contribution in [0.1, 0.15) is 92.6 Å². The molecule has 12 nitrogen and oxygen atoms in total. The highest BCUT2D eigenvalue weighted by molar-refractivity contribution is 6.09. The number of morpholine rings is 1. The Balaban J connectivity index is 1.03. The van der Waals surface area contributed by atoms with E-state index in [1.54, 1.807) is 17.0 Å². The molecule has 1 saturated heterocycles. The summed E-state index contributed by atoms with van der Waals surface area (Å²) in [7, 11) is 0. The van der Waals surface area contributed by atoms with Gasteiger partial charge in [0.1, 0.15) is 18.0 Å². The summed E-state index contributed by atoms with van der Waals surface area (Å²) in [5, 5.41) is 0. The smallest absolute Gasteiger partial charge is 0.338 e. The second kappa shape index (κ2) is 19.4. The molecule has 350 valence electrons. The molecule has 5 heterocycles. The summed E-state index contributed by atoms with van der Waals surface area (Å²) in [6.45, 7) is 11.0. The highest BCUT2D eigenvalue weighted by Crippen LogP contribution is 2.43. The van der Waals surface area contributed by atoms with E-state index < -0.39 is 11.6 Å². The van der Waals surface area contributed by atoms with Crippen LogP contribution in [0.5, 0.6) is 17.2 Å². The molecule has 0 bridgehead atoms. The van der Waals surface area contributed by atoms with Crippen LogP contribution in [0.4, 0.5) is 5.69 Å². The summed E-state index contributed by atoms with van der Waals surface area (Å²) in [5.74, 6) is 1.03. The lowest BCUT2D eigenvalue weighted by Gasteiger charge is -2.40. The number of nitrogens with zero attached hydrogens (tertiary/aromatic N) is 4. The first-order valence-corrected chi connectivity index (χ1v) is 23.8. The van der Waals surface area contributed by atoms with Crippen LogP contribution in [0.25, 0.3) is 11.3 Å². The highest BCUT2D eigenvalue weighted by Gasteiger charge is 2.36. The first kappa shape index (κ1) is 44.9. The number of aromatic nitrogens is 1. The molecule has 1 aromatic heterocycles. The molecule has 0 unspecified atom stereocenters. The molecular formula is C56H58N4O8. The zero-order valence-corrected chi connectivity index (χ0v) is 39.1. The molecule has 0 radical (unpaired) electrons. The van der Waals surface area contributed by atoms with E-state index >= 15 is 9.59 Å². The third kappa shape index (κ3) is 9.75. The molecule has 5 aromatic carbocycles. The Morgan fingerprint density at radius 1 is 0.750 bits per heavy atom. The van der Waals surface area contributed by atoms with E-state index in [9.17, 15) is 4.79 Å². The van der Waals surface area contributed by atoms with Crippen molar-refractivity contribution in [3.63, 3.8) is 0 Å². The van der Waals surface area contributed by atoms with E-state index in [2.05, 4.69) is 27.7 Å². The van der Waals surface area contributed by atoms with Crippen LogP contribution < -0.4 is 19.1 Å². The maximum absolute atomic E-state index is 15.5. The van der Waals surface area contributed by atoms with Gasteiger partial charge < -0.3 is 38.1 Å². The number of carbonyl (C=O) groups is 3. The van der Waals surface area contributed by atoms with Gasteiger partial charge in [-0.15, -0.1) is 0 Å². The van der Waals surface area contributed by atoms with Crippen molar-refractivity contribution in [2.24, 2.45) is 0 Å². The predicted octanol–water partition coefficient (Wildman–Crippen LogP) is 9.50. The molecular weight excluding hydrogens is 857 g/mol. The van der Waals surface area contributed by atoms with Crippen LogP contribution in [0.3, 0.4) is 0 Å². The second-order valence-corrected chi connectivity index (χ2v) is 19.1. The molecule has 0 saturated carbocycles. The number of fused-ring (bicyclic) bond motifs is 3. The lowest BCUT2D eigenvalue weighted by atomic mass is 9.92. The number of hydrogen-bond donors (Lipinski definition) is 0. The Labute approximate surface area is 397 Å². The van der Waals surface area contributed by atoms with Crippen molar-refractivity contribution < 1.29 is 38.1 Å². The van der Waals surface area contributed by atoms with E-state index in [4.69, 9.17) is 23.7 Å². The monoisotopic (exact) mass is 914 g/mol. The van der Waals surface area contributed by atoms with Gasteiger partial charge in [0.25, 0.3) is 11.8 Å². The molecule has 1 atom stereocenters. The number of rotatable bonds is 12. The number of ether oxygens (including phenoxy) is 5. The molecule has 4 aliphatic rings. The Morgan fingerprint density at radius 2 is 1.49 bits per heavy atom. The third-order valence-corrected chi connectivity index (χ3v) is 13.2. The minimum atomic E-state index is -0.669. The number of carbonyl (C=O) groups excluding carboxylic acids is 3. The topological polar surface area (TPSA) is 112 Å². The van der Waals surface area contributed by atoms with Gasteiger partial charge in [-0.2, -0.15) is 0 Å². The maximum Gasteiger partial charge on any atom is 0.338 e. The SMILES string of the molecule is CC(C)(C)OC(=O)c1cccc(CN(C(=O)c2cc(-c3cc4c(cc3C(=O)N3Cc5ccccc5C[C@H]3CN3CCOCC3)OCO4)n3c2CCCC3)c2ccc(OCc3ccccc3)cc2)c1. The Bertz CT molecular complexity index is 2810. The van der Waals surface area contributed by atoms with Gasteiger partial charge in [-0.25, -0.2) is 4.79 Å². The molecule has 1 fully saturated rings. The van der Waals surface area contributed by atoms with Gasteiger partial charge in [0.05, 0.1) is 36.4 Å². The van der Waals surface area contributed by atoms with Crippen molar-refractivity contribution in [3.05, 3.63) is 166 Å². The van der Waals surface area contributed by atoms with Crippen LogP contribution >= 0.6 is 0 Å². The number of amides is 2. The fourth-order valence-corrected chi connectivity index (χ4v) is 9.85. The Hall–Kier alpha value is -6.89. The molecule has 6 aromatic rings. The fraction of sp³-hybridized carbons (Fsp3) is 0.339. The zero-order chi connectivity index (χ0) is 46.8. The lowest BCUT2D eigenvalue weighted by molar-refractivity contribution is 0.00688. The second-order valence-electron chi connectivity index (χ2n) is 19.1. The van der Waals surface area contributed by atoms with Crippen LogP contribution in [0.2, 0.25) is 0 Å². The van der Waals surface area contributed by atoms with Gasteiger partial charge in [-0.05, 0) is 123 Å². The first-order chi connectivity index (χ1) is 33.0. The molecule has 0 aliphatic carbocycles. The lowest BCUT2D eigenvalue weighted by Crippen LogP contribution is -2.52. The predicted molar refractivity (Wildman–Crippen MR) is 259 cm³/mol. The quantitative estimate of drug-likeness (QED) is 0.111. The highest BCUT2D eigenvalue weighted by atomic mass is 16.7. The Morgan fingerprint density at radius 3 is 2.26 bits per heavy atom. The van der Waals surface area contributed by atoms with Crippen LogP contribution in [-0.4, -0.2) is 83.4 Å². The van der Waals surface area contributed by atoms with Crippen molar-refractivity contribution in [2.45, 2.75) is 84.3 Å². The van der Waals surface area contributed by atoms with Crippen molar-refractivity contribution >= 4 is 23.5 Å². The summed E-state index contributed by atoms with van der Waals surface area (Å²) in [5.41, 5.74) is 8.07. The summed E-state index contributed by atoms with van der Waals surface area (Å²) < 4.78 is 31.7. The van der Waals surface area contributed by atoms with E-state index in [1.165, 1.54) is 5.56 Å². The Kier molecular flexibility index (Phi) is 12.8. The minimum absolute atomic E-state index is 0.0549. The number of esters is 1. The molecule has 0 spiro atoms. The summed E-state index contributed by atoms with van der Waals surface area (Å²) in [6, 6.07) is 38.9. The maximum atomic E-state index is 15.5. The average Bonchev–Trinajstić information content (AvgIpc) is 3.99. The molecule has 4 aliphatic heterocycles. The standard InChI is InChI=1S/C56H58N4O8/c1-56(2,3)68-55(63)41-17-11-14-39(28-41)33-59(43-19-21-45(22-20-43)65-36-38-12-5-4-6-13-38)54(62)48-30-50(58-23-10-9-18-49(48)58)46-31-51-52(67-37-66-51)32-47(46)53(61)60-34-42-16-8-7-15-40(42)29-44(60)35-57-24-26-64-27-25-57/h4-8,11-17,19-22,28,30-32,44H,9-10,18,23-27,29,33-37H2,1-3H3/t44-/m0/s1. The molecule has 68 heavy (non-hydrogen) atoms.